The number of nitrogens with one attached hydrogen (secondary N) is 1. The van der Waals surface area contributed by atoms with Crippen molar-refractivity contribution in [3.63, 3.8) is 0 Å². The normalized spacial score (nSPS) is 16.6. The Morgan fingerprint density at radius 3 is 3.07 bits per heavy atom. The molecule has 2 heteroatoms. The van der Waals surface area contributed by atoms with E-state index in [4.69, 9.17) is 0 Å². The van der Waals surface area contributed by atoms with E-state index >= 15 is 0 Å². The molecular formula is C12H14N2. The van der Waals surface area contributed by atoms with Gasteiger partial charge in [-0.05, 0) is 37.3 Å². The predicted octanol–water partition coefficient (Wildman–Crippen LogP) is 2.83. The van der Waals surface area contributed by atoms with Gasteiger partial charge >= 0.3 is 0 Å². The molecule has 0 spiro atoms. The van der Waals surface area contributed by atoms with Gasteiger partial charge in [-0.2, -0.15) is 0 Å². The molecule has 14 heavy (non-hydrogen) atoms. The molecule has 1 aliphatic carbocycles. The second-order valence-corrected chi connectivity index (χ2v) is 4.06. The van der Waals surface area contributed by atoms with Crippen LogP contribution in [0.4, 0.5) is 0 Å². The van der Waals surface area contributed by atoms with Gasteiger partial charge in [-0.1, -0.05) is 6.42 Å². The number of hydrogen-bond donors (Lipinski definition) is 1. The molecular weight excluding hydrogens is 172 g/mol. The first-order valence-electron chi connectivity index (χ1n) is 5.38. The fourth-order valence-electron chi connectivity index (χ4n) is 2.42. The highest BCUT2D eigenvalue weighted by molar-refractivity contribution is 5.83. The van der Waals surface area contributed by atoms with Gasteiger partial charge in [0.05, 0.1) is 0 Å². The van der Waals surface area contributed by atoms with Crippen LogP contribution in [0, 0.1) is 0 Å². The number of rotatable bonds is 0. The fraction of sp³-hybridized carbons (Fsp3) is 0.417. The largest absolute Gasteiger partial charge is 0.358 e. The van der Waals surface area contributed by atoms with Crippen molar-refractivity contribution in [1.29, 1.82) is 0 Å². The molecule has 3 rings (SSSR count). The van der Waals surface area contributed by atoms with Crippen LogP contribution in [0.2, 0.25) is 0 Å². The van der Waals surface area contributed by atoms with Crippen LogP contribution >= 0.6 is 0 Å². The van der Waals surface area contributed by atoms with Crippen LogP contribution in [0.1, 0.15) is 30.5 Å². The van der Waals surface area contributed by atoms with Crippen molar-refractivity contribution in [2.75, 3.05) is 0 Å². The molecule has 0 saturated carbocycles. The zero-order valence-corrected chi connectivity index (χ0v) is 8.21. The molecule has 2 aromatic heterocycles. The van der Waals surface area contributed by atoms with E-state index in [0.717, 1.165) is 0 Å². The lowest BCUT2D eigenvalue weighted by atomic mass is 10.1. The molecule has 0 atom stereocenters. The van der Waals surface area contributed by atoms with E-state index in [1.165, 1.54) is 54.3 Å². The second-order valence-electron chi connectivity index (χ2n) is 4.06. The van der Waals surface area contributed by atoms with Gasteiger partial charge in [0.1, 0.15) is 0 Å². The SMILES string of the molecule is c1cc2[nH]c3c(c2cn1)CCCCC3. The average molecular weight is 186 g/mol. The molecule has 0 aliphatic heterocycles. The lowest BCUT2D eigenvalue weighted by Gasteiger charge is -1.96. The summed E-state index contributed by atoms with van der Waals surface area (Å²) < 4.78 is 0. The Labute approximate surface area is 83.4 Å². The molecule has 0 fully saturated rings. The van der Waals surface area contributed by atoms with E-state index in [0.29, 0.717) is 0 Å². The fourth-order valence-corrected chi connectivity index (χ4v) is 2.42. The van der Waals surface area contributed by atoms with Crippen LogP contribution < -0.4 is 0 Å². The summed E-state index contributed by atoms with van der Waals surface area (Å²) in [6.07, 6.45) is 10.3. The van der Waals surface area contributed by atoms with E-state index in [1.807, 2.05) is 12.4 Å². The molecule has 1 N–H and O–H groups in total. The van der Waals surface area contributed by atoms with Crippen LogP contribution in [-0.2, 0) is 12.8 Å². The van der Waals surface area contributed by atoms with E-state index in [1.54, 1.807) is 0 Å². The Morgan fingerprint density at radius 2 is 2.07 bits per heavy atom. The van der Waals surface area contributed by atoms with Crippen molar-refractivity contribution in [2.24, 2.45) is 0 Å². The summed E-state index contributed by atoms with van der Waals surface area (Å²) in [5, 5.41) is 1.34. The Morgan fingerprint density at radius 1 is 1.14 bits per heavy atom. The van der Waals surface area contributed by atoms with E-state index < -0.39 is 0 Å². The van der Waals surface area contributed by atoms with Crippen molar-refractivity contribution < 1.29 is 0 Å². The summed E-state index contributed by atoms with van der Waals surface area (Å²) in [4.78, 5) is 7.72. The molecule has 0 unspecified atom stereocenters. The minimum absolute atomic E-state index is 1.21. The molecule has 0 aromatic carbocycles. The van der Waals surface area contributed by atoms with E-state index in [-0.39, 0.29) is 0 Å². The first-order chi connectivity index (χ1) is 6.95. The number of H-pyrrole nitrogens is 1. The summed E-state index contributed by atoms with van der Waals surface area (Å²) in [7, 11) is 0. The zero-order valence-electron chi connectivity index (χ0n) is 8.21. The molecule has 0 saturated heterocycles. The standard InChI is InChI=1S/C12H14N2/c1-2-4-9-10-8-13-7-6-12(10)14-11(9)5-3-1/h6-8,14H,1-5H2. The van der Waals surface area contributed by atoms with Crippen LogP contribution in [-0.4, -0.2) is 9.97 Å². The summed E-state index contributed by atoms with van der Waals surface area (Å²) in [6.45, 7) is 0. The van der Waals surface area contributed by atoms with Crippen LogP contribution in [0.15, 0.2) is 18.5 Å². The van der Waals surface area contributed by atoms with Gasteiger partial charge in [0.2, 0.25) is 0 Å². The molecule has 2 heterocycles. The van der Waals surface area contributed by atoms with Crippen molar-refractivity contribution in [2.45, 2.75) is 32.1 Å². The predicted molar refractivity (Wildman–Crippen MR) is 57.4 cm³/mol. The lowest BCUT2D eigenvalue weighted by Crippen LogP contribution is -1.86. The van der Waals surface area contributed by atoms with Gasteiger partial charge in [0.15, 0.2) is 0 Å². The summed E-state index contributed by atoms with van der Waals surface area (Å²) in [6, 6.07) is 2.07. The third kappa shape index (κ3) is 1.14. The minimum Gasteiger partial charge on any atom is -0.358 e. The highest BCUT2D eigenvalue weighted by Crippen LogP contribution is 2.27. The Balaban J connectivity index is 2.24. The topological polar surface area (TPSA) is 28.7 Å². The van der Waals surface area contributed by atoms with E-state index in [2.05, 4.69) is 16.0 Å². The molecule has 2 aromatic rings. The highest BCUT2D eigenvalue weighted by Gasteiger charge is 2.13. The molecule has 2 nitrogen and oxygen atoms in total. The smallest absolute Gasteiger partial charge is 0.0490 e. The van der Waals surface area contributed by atoms with Crippen LogP contribution in [0.25, 0.3) is 10.9 Å². The van der Waals surface area contributed by atoms with Crippen LogP contribution in [0.3, 0.4) is 0 Å². The Kier molecular flexibility index (Phi) is 1.79. The van der Waals surface area contributed by atoms with Gasteiger partial charge in [0.25, 0.3) is 0 Å². The first-order valence-corrected chi connectivity index (χ1v) is 5.38. The maximum atomic E-state index is 4.20. The van der Waals surface area contributed by atoms with Crippen LogP contribution in [0.5, 0.6) is 0 Å². The zero-order chi connectivity index (χ0) is 9.38. The monoisotopic (exact) mass is 186 g/mol. The molecule has 72 valence electrons. The van der Waals surface area contributed by atoms with Crippen molar-refractivity contribution in [3.05, 3.63) is 29.7 Å². The average Bonchev–Trinajstić information content (AvgIpc) is 2.42. The van der Waals surface area contributed by atoms with Gasteiger partial charge < -0.3 is 4.98 Å². The summed E-state index contributed by atoms with van der Waals surface area (Å²) in [5.41, 5.74) is 4.23. The van der Waals surface area contributed by atoms with E-state index in [9.17, 15) is 0 Å². The third-order valence-corrected chi connectivity index (χ3v) is 3.15. The number of aryl methyl sites for hydroxylation is 2. The molecule has 0 radical (unpaired) electrons. The van der Waals surface area contributed by atoms with Crippen molar-refractivity contribution >= 4 is 10.9 Å². The molecule has 1 aliphatic rings. The maximum Gasteiger partial charge on any atom is 0.0490 e. The lowest BCUT2D eigenvalue weighted by molar-refractivity contribution is 0.708. The number of pyridine rings is 1. The third-order valence-electron chi connectivity index (χ3n) is 3.15. The first kappa shape index (κ1) is 8.04. The Bertz CT molecular complexity index is 456. The summed E-state index contributed by atoms with van der Waals surface area (Å²) >= 11 is 0. The highest BCUT2D eigenvalue weighted by atomic mass is 14.7. The second kappa shape index (κ2) is 3.12. The molecule has 0 amide bonds. The number of fused-ring (bicyclic) bond motifs is 3. The summed E-state index contributed by atoms with van der Waals surface area (Å²) in [5.74, 6) is 0. The van der Waals surface area contributed by atoms with Gasteiger partial charge in [0, 0.05) is 29.0 Å². The van der Waals surface area contributed by atoms with Gasteiger partial charge in [-0.15, -0.1) is 0 Å². The number of hydrogen-bond acceptors (Lipinski definition) is 1. The Hall–Kier alpha value is -1.31. The van der Waals surface area contributed by atoms with Gasteiger partial charge in [-0.25, -0.2) is 0 Å². The van der Waals surface area contributed by atoms with Crippen molar-refractivity contribution in [3.8, 4) is 0 Å². The minimum atomic E-state index is 1.21. The quantitative estimate of drug-likeness (QED) is 0.630. The van der Waals surface area contributed by atoms with Gasteiger partial charge in [-0.3, -0.25) is 4.98 Å². The number of nitrogens with zero attached hydrogens (tertiary/aromatic N) is 1. The maximum absolute atomic E-state index is 4.20. The van der Waals surface area contributed by atoms with Crippen molar-refractivity contribution in [1.82, 2.24) is 9.97 Å². The molecule has 0 bridgehead atoms. The number of aromatic nitrogens is 2. The number of aromatic amines is 1.